The lowest BCUT2D eigenvalue weighted by atomic mass is 10.1. The maximum atomic E-state index is 11.1. The molecule has 0 atom stereocenters. The highest BCUT2D eigenvalue weighted by Crippen LogP contribution is 2.37. The molecule has 0 saturated carbocycles. The fourth-order valence-corrected chi connectivity index (χ4v) is 1.93. The van der Waals surface area contributed by atoms with Crippen LogP contribution in [0.1, 0.15) is 23.2 Å². The highest BCUT2D eigenvalue weighted by Gasteiger charge is 2.25. The Morgan fingerprint density at radius 3 is 2.71 bits per heavy atom. The van der Waals surface area contributed by atoms with Crippen molar-refractivity contribution in [2.24, 2.45) is 0 Å². The number of aromatic carboxylic acids is 1. The predicted molar refractivity (Wildman–Crippen MR) is 71.5 cm³/mol. The summed E-state index contributed by atoms with van der Waals surface area (Å²) in [6.07, 6.45) is 0.363. The summed E-state index contributed by atoms with van der Waals surface area (Å²) in [5.41, 5.74) is 0.253. The zero-order chi connectivity index (χ0) is 15.6. The van der Waals surface area contributed by atoms with Crippen LogP contribution in [0.15, 0.2) is 22.6 Å². The Morgan fingerprint density at radius 2 is 2.24 bits per heavy atom. The average Bonchev–Trinajstić information content (AvgIpc) is 2.90. The normalized spacial score (nSPS) is 10.4. The van der Waals surface area contributed by atoms with Crippen molar-refractivity contribution in [2.45, 2.75) is 13.3 Å². The Bertz CT molecular complexity index is 707. The molecule has 0 spiro atoms. The largest absolute Gasteiger partial charge is 0.490 e. The number of hydrogen-bond acceptors (Lipinski definition) is 6. The molecule has 1 aromatic heterocycles. The first kappa shape index (κ1) is 14.5. The molecule has 2 aromatic rings. The van der Waals surface area contributed by atoms with Crippen molar-refractivity contribution in [3.63, 3.8) is 0 Å². The van der Waals surface area contributed by atoms with E-state index in [-0.39, 0.29) is 34.3 Å². The number of aryl methyl sites for hydroxylation is 1. The molecule has 1 heterocycles. The second-order valence-corrected chi connectivity index (χ2v) is 4.07. The molecular formula is C13H12N2O6. The molecule has 0 radical (unpaired) electrons. The third-order valence-electron chi connectivity index (χ3n) is 2.85. The van der Waals surface area contributed by atoms with Gasteiger partial charge in [0.25, 0.3) is 0 Å². The molecule has 0 unspecified atom stereocenters. The number of methoxy groups -OCH3 is 1. The minimum absolute atomic E-state index is 0.0233. The molecule has 8 heteroatoms. The topological polar surface area (TPSA) is 116 Å². The van der Waals surface area contributed by atoms with Crippen molar-refractivity contribution in [3.05, 3.63) is 39.8 Å². The molecule has 0 bridgehead atoms. The van der Waals surface area contributed by atoms with Gasteiger partial charge in [-0.05, 0) is 12.5 Å². The first-order valence-electron chi connectivity index (χ1n) is 6.04. The molecule has 1 N–H and O–H groups in total. The summed E-state index contributed by atoms with van der Waals surface area (Å²) in [4.78, 5) is 25.5. The molecule has 110 valence electrons. The molecule has 8 nitrogen and oxygen atoms in total. The van der Waals surface area contributed by atoms with E-state index < -0.39 is 10.9 Å². The minimum atomic E-state index is -1.24. The standard InChI is InChI=1S/C13H12N2O6/c1-3-8-11(13(16)17)21-12(14-8)7-5-4-6-9(15(18)19)10(7)20-2/h4-6H,3H2,1-2H3,(H,16,17). The van der Waals surface area contributed by atoms with Gasteiger partial charge in [-0.1, -0.05) is 13.0 Å². The summed E-state index contributed by atoms with van der Waals surface area (Å²) >= 11 is 0. The fourth-order valence-electron chi connectivity index (χ4n) is 1.93. The van der Waals surface area contributed by atoms with Crippen molar-refractivity contribution < 1.29 is 24.0 Å². The second kappa shape index (κ2) is 5.61. The number of nitrogens with zero attached hydrogens (tertiary/aromatic N) is 2. The van der Waals surface area contributed by atoms with E-state index in [1.54, 1.807) is 6.92 Å². The van der Waals surface area contributed by atoms with Crippen LogP contribution in [0.4, 0.5) is 5.69 Å². The number of ether oxygens (including phenoxy) is 1. The SMILES string of the molecule is CCc1nc(-c2cccc([N+](=O)[O-])c2OC)oc1C(=O)O. The van der Waals surface area contributed by atoms with Gasteiger partial charge in [0.2, 0.25) is 17.4 Å². The number of carboxylic acid groups (broad SMARTS) is 1. The van der Waals surface area contributed by atoms with Gasteiger partial charge >= 0.3 is 11.7 Å². The Balaban J connectivity index is 2.64. The third kappa shape index (κ3) is 2.55. The van der Waals surface area contributed by atoms with Crippen LogP contribution in [0, 0.1) is 10.1 Å². The number of nitro benzene ring substituents is 1. The van der Waals surface area contributed by atoms with Crippen molar-refractivity contribution >= 4 is 11.7 Å². The van der Waals surface area contributed by atoms with E-state index in [2.05, 4.69) is 4.98 Å². The number of carboxylic acids is 1. The van der Waals surface area contributed by atoms with Crippen molar-refractivity contribution in [1.29, 1.82) is 0 Å². The van der Waals surface area contributed by atoms with Crippen molar-refractivity contribution in [3.8, 4) is 17.2 Å². The molecule has 0 aliphatic heterocycles. The van der Waals surface area contributed by atoms with Gasteiger partial charge in [-0.15, -0.1) is 0 Å². The van der Waals surface area contributed by atoms with E-state index in [0.29, 0.717) is 6.42 Å². The van der Waals surface area contributed by atoms with E-state index in [9.17, 15) is 14.9 Å². The van der Waals surface area contributed by atoms with E-state index in [1.165, 1.54) is 25.3 Å². The number of nitro groups is 1. The van der Waals surface area contributed by atoms with Gasteiger partial charge in [0.1, 0.15) is 0 Å². The highest BCUT2D eigenvalue weighted by atomic mass is 16.6. The van der Waals surface area contributed by atoms with Crippen molar-refractivity contribution in [2.75, 3.05) is 7.11 Å². The zero-order valence-corrected chi connectivity index (χ0v) is 11.3. The number of oxazole rings is 1. The van der Waals surface area contributed by atoms with Gasteiger partial charge in [0.15, 0.2) is 0 Å². The van der Waals surface area contributed by atoms with Crippen LogP contribution in [-0.2, 0) is 6.42 Å². The second-order valence-electron chi connectivity index (χ2n) is 4.07. The number of carbonyl (C=O) groups is 1. The Labute approximate surface area is 119 Å². The summed E-state index contributed by atoms with van der Waals surface area (Å²) in [5, 5.41) is 20.0. The Hall–Kier alpha value is -2.90. The van der Waals surface area contributed by atoms with E-state index in [1.807, 2.05) is 0 Å². The molecule has 0 saturated heterocycles. The van der Waals surface area contributed by atoms with Crippen LogP contribution in [0.3, 0.4) is 0 Å². The van der Waals surface area contributed by atoms with E-state index >= 15 is 0 Å². The van der Waals surface area contributed by atoms with Gasteiger partial charge < -0.3 is 14.3 Å². The highest BCUT2D eigenvalue weighted by molar-refractivity contribution is 5.86. The minimum Gasteiger partial charge on any atom is -0.490 e. The smallest absolute Gasteiger partial charge is 0.373 e. The van der Waals surface area contributed by atoms with Gasteiger partial charge in [0, 0.05) is 6.07 Å². The summed E-state index contributed by atoms with van der Waals surface area (Å²) < 4.78 is 10.3. The van der Waals surface area contributed by atoms with Crippen LogP contribution in [-0.4, -0.2) is 28.1 Å². The third-order valence-corrected chi connectivity index (χ3v) is 2.85. The predicted octanol–water partition coefficient (Wildman–Crippen LogP) is 2.52. The number of benzene rings is 1. The monoisotopic (exact) mass is 292 g/mol. The average molecular weight is 292 g/mol. The fraction of sp³-hybridized carbons (Fsp3) is 0.231. The maximum absolute atomic E-state index is 11.1. The van der Waals surface area contributed by atoms with Gasteiger partial charge in [-0.2, -0.15) is 0 Å². The quantitative estimate of drug-likeness (QED) is 0.664. The maximum Gasteiger partial charge on any atom is 0.373 e. The van der Waals surface area contributed by atoms with Crippen LogP contribution in [0.25, 0.3) is 11.5 Å². The summed E-state index contributed by atoms with van der Waals surface area (Å²) in [6.45, 7) is 1.73. The van der Waals surface area contributed by atoms with Crippen LogP contribution < -0.4 is 4.74 Å². The van der Waals surface area contributed by atoms with E-state index in [4.69, 9.17) is 14.3 Å². The molecule has 1 aromatic carbocycles. The van der Waals surface area contributed by atoms with Crippen LogP contribution >= 0.6 is 0 Å². The lowest BCUT2D eigenvalue weighted by molar-refractivity contribution is -0.385. The molecular weight excluding hydrogens is 280 g/mol. The lowest BCUT2D eigenvalue weighted by Gasteiger charge is -2.05. The van der Waals surface area contributed by atoms with Crippen LogP contribution in [0.5, 0.6) is 5.75 Å². The number of para-hydroxylation sites is 1. The summed E-state index contributed by atoms with van der Waals surface area (Å²) in [5.74, 6) is -1.57. The molecule has 0 amide bonds. The zero-order valence-electron chi connectivity index (χ0n) is 11.3. The van der Waals surface area contributed by atoms with Gasteiger partial charge in [-0.3, -0.25) is 10.1 Å². The number of hydrogen-bond donors (Lipinski definition) is 1. The first-order valence-corrected chi connectivity index (χ1v) is 6.04. The van der Waals surface area contributed by atoms with E-state index in [0.717, 1.165) is 0 Å². The first-order chi connectivity index (χ1) is 9.99. The van der Waals surface area contributed by atoms with Crippen LogP contribution in [0.2, 0.25) is 0 Å². The molecule has 0 aliphatic rings. The Kier molecular flexibility index (Phi) is 3.88. The molecule has 2 rings (SSSR count). The lowest BCUT2D eigenvalue weighted by Crippen LogP contribution is -1.98. The summed E-state index contributed by atoms with van der Waals surface area (Å²) in [6, 6.07) is 4.25. The summed E-state index contributed by atoms with van der Waals surface area (Å²) in [7, 11) is 1.29. The molecule has 0 aliphatic carbocycles. The van der Waals surface area contributed by atoms with Crippen molar-refractivity contribution in [1.82, 2.24) is 4.98 Å². The molecule has 0 fully saturated rings. The number of aromatic nitrogens is 1. The van der Waals surface area contributed by atoms with Gasteiger partial charge in [-0.25, -0.2) is 9.78 Å². The number of rotatable bonds is 5. The Morgan fingerprint density at radius 1 is 1.52 bits per heavy atom. The molecule has 21 heavy (non-hydrogen) atoms. The van der Waals surface area contributed by atoms with Gasteiger partial charge in [0.05, 0.1) is 23.3 Å².